The molecule has 1 aliphatic heterocycles. The molecule has 3 N–H and O–H groups in total. The van der Waals surface area contributed by atoms with Crippen LogP contribution in [0, 0.1) is 5.92 Å². The van der Waals surface area contributed by atoms with Crippen molar-refractivity contribution < 1.29 is 4.74 Å². The zero-order chi connectivity index (χ0) is 18.5. The lowest BCUT2D eigenvalue weighted by Gasteiger charge is -2.15. The smallest absolute Gasteiger partial charge is 0.150 e. The van der Waals surface area contributed by atoms with Crippen LogP contribution in [0.25, 0.3) is 10.9 Å². The monoisotopic (exact) mass is 363 g/mol. The Morgan fingerprint density at radius 1 is 1.00 bits per heavy atom. The van der Waals surface area contributed by atoms with Gasteiger partial charge in [-0.15, -0.1) is 0 Å². The highest BCUT2D eigenvalue weighted by Crippen LogP contribution is 2.23. The summed E-state index contributed by atoms with van der Waals surface area (Å²) < 4.78 is 5.48. The Morgan fingerprint density at radius 3 is 2.63 bits per heavy atom. The molecule has 1 saturated heterocycles. The highest BCUT2D eigenvalue weighted by atomic mass is 16.5. The summed E-state index contributed by atoms with van der Waals surface area (Å²) in [5.41, 5.74) is 3.05. The number of anilines is 3. The minimum Gasteiger partial charge on any atom is -0.386 e. The van der Waals surface area contributed by atoms with Gasteiger partial charge >= 0.3 is 0 Å². The number of ether oxygens (including phenoxy) is 1. The van der Waals surface area contributed by atoms with Crippen LogP contribution in [0.4, 0.5) is 17.2 Å². The van der Waals surface area contributed by atoms with Crippen LogP contribution in [0.2, 0.25) is 0 Å². The number of rotatable bonds is 7. The van der Waals surface area contributed by atoms with E-state index >= 15 is 0 Å². The van der Waals surface area contributed by atoms with E-state index in [4.69, 9.17) is 14.7 Å². The maximum atomic E-state index is 5.48. The summed E-state index contributed by atoms with van der Waals surface area (Å²) in [5.74, 6) is 2.21. The Hall–Kier alpha value is -2.86. The van der Waals surface area contributed by atoms with Crippen LogP contribution in [0.15, 0.2) is 48.5 Å². The van der Waals surface area contributed by atoms with E-state index in [0.29, 0.717) is 12.5 Å². The van der Waals surface area contributed by atoms with E-state index in [0.717, 1.165) is 60.1 Å². The lowest BCUT2D eigenvalue weighted by Crippen LogP contribution is -2.16. The summed E-state index contributed by atoms with van der Waals surface area (Å²) in [5, 5.41) is 11.2. The molecule has 6 nitrogen and oxygen atoms in total. The Bertz CT molecular complexity index is 908. The Kier molecular flexibility index (Phi) is 5.34. The van der Waals surface area contributed by atoms with Gasteiger partial charge in [-0.25, -0.2) is 9.97 Å². The fourth-order valence-corrected chi connectivity index (χ4v) is 3.35. The van der Waals surface area contributed by atoms with Crippen molar-refractivity contribution >= 4 is 28.1 Å². The van der Waals surface area contributed by atoms with Crippen LogP contribution in [0.1, 0.15) is 12.2 Å². The van der Waals surface area contributed by atoms with E-state index in [1.54, 1.807) is 0 Å². The second kappa shape index (κ2) is 8.22. The van der Waals surface area contributed by atoms with Crippen molar-refractivity contribution in [3.8, 4) is 0 Å². The van der Waals surface area contributed by atoms with Crippen molar-refractivity contribution in [2.75, 3.05) is 42.8 Å². The van der Waals surface area contributed by atoms with Gasteiger partial charge in [0.05, 0.1) is 30.0 Å². The van der Waals surface area contributed by atoms with Gasteiger partial charge < -0.3 is 20.7 Å². The summed E-state index contributed by atoms with van der Waals surface area (Å²) in [6.45, 7) is 3.11. The molecule has 0 amide bonds. The topological polar surface area (TPSA) is 71.1 Å². The summed E-state index contributed by atoms with van der Waals surface area (Å²) in [4.78, 5) is 9.51. The number of nitrogens with zero attached hydrogens (tertiary/aromatic N) is 2. The normalized spacial score (nSPS) is 16.4. The summed E-state index contributed by atoms with van der Waals surface area (Å²) >= 11 is 0. The average molecular weight is 363 g/mol. The highest BCUT2D eigenvalue weighted by molar-refractivity contribution is 5.89. The zero-order valence-electron chi connectivity index (χ0n) is 15.5. The molecule has 1 aromatic heterocycles. The second-order valence-corrected chi connectivity index (χ2v) is 6.77. The third-order valence-corrected chi connectivity index (χ3v) is 4.87. The fourth-order valence-electron chi connectivity index (χ4n) is 3.35. The molecule has 140 valence electrons. The van der Waals surface area contributed by atoms with Crippen molar-refractivity contribution in [1.82, 2.24) is 9.97 Å². The summed E-state index contributed by atoms with van der Waals surface area (Å²) in [6.07, 6.45) is 1.10. The third-order valence-electron chi connectivity index (χ3n) is 4.87. The lowest BCUT2D eigenvalue weighted by atomic mass is 10.1. The summed E-state index contributed by atoms with van der Waals surface area (Å²) in [7, 11) is 1.92. The molecule has 3 aromatic rings. The maximum Gasteiger partial charge on any atom is 0.150 e. The van der Waals surface area contributed by atoms with Crippen molar-refractivity contribution in [2.45, 2.75) is 13.0 Å². The molecule has 1 atom stereocenters. The number of nitrogens with one attached hydrogen (secondary N) is 3. The molecular formula is C21H25N5O. The highest BCUT2D eigenvalue weighted by Gasteiger charge is 2.16. The Balaban J connectivity index is 1.55. The molecule has 0 spiro atoms. The van der Waals surface area contributed by atoms with Gasteiger partial charge in [-0.3, -0.25) is 0 Å². The first kappa shape index (κ1) is 17.5. The number of fused-ring (bicyclic) bond motifs is 1. The predicted molar refractivity (Wildman–Crippen MR) is 110 cm³/mol. The van der Waals surface area contributed by atoms with Gasteiger partial charge in [-0.05, 0) is 30.7 Å². The first-order valence-corrected chi connectivity index (χ1v) is 9.41. The molecule has 0 aliphatic carbocycles. The van der Waals surface area contributed by atoms with Crippen LogP contribution < -0.4 is 16.0 Å². The number of aromatic nitrogens is 2. The van der Waals surface area contributed by atoms with Gasteiger partial charge in [-0.1, -0.05) is 24.3 Å². The fraction of sp³-hybridized carbons (Fsp3) is 0.333. The number of hydrogen-bond donors (Lipinski definition) is 3. The van der Waals surface area contributed by atoms with E-state index in [-0.39, 0.29) is 0 Å². The first-order valence-electron chi connectivity index (χ1n) is 9.41. The molecule has 0 radical (unpaired) electrons. The molecule has 1 fully saturated rings. The number of para-hydroxylation sites is 3. The first-order chi connectivity index (χ1) is 13.3. The van der Waals surface area contributed by atoms with Crippen LogP contribution in [0.3, 0.4) is 0 Å². The third kappa shape index (κ3) is 4.11. The van der Waals surface area contributed by atoms with Crippen molar-refractivity contribution in [1.29, 1.82) is 0 Å². The number of benzene rings is 2. The SMILES string of the molecule is CNc1ccccc1NCc1nc(NCC2CCOC2)c2ccccc2n1. The molecule has 0 saturated carbocycles. The number of hydrogen-bond acceptors (Lipinski definition) is 6. The maximum absolute atomic E-state index is 5.48. The minimum atomic E-state index is 0.544. The largest absolute Gasteiger partial charge is 0.386 e. The molecule has 6 heteroatoms. The quantitative estimate of drug-likeness (QED) is 0.594. The Morgan fingerprint density at radius 2 is 1.81 bits per heavy atom. The van der Waals surface area contributed by atoms with E-state index in [2.05, 4.69) is 22.0 Å². The van der Waals surface area contributed by atoms with Gasteiger partial charge in [-0.2, -0.15) is 0 Å². The molecule has 2 aromatic carbocycles. The van der Waals surface area contributed by atoms with Gasteiger partial charge in [0.15, 0.2) is 0 Å². The van der Waals surface area contributed by atoms with E-state index in [1.807, 2.05) is 49.5 Å². The molecule has 0 bridgehead atoms. The van der Waals surface area contributed by atoms with Gasteiger partial charge in [0.1, 0.15) is 11.6 Å². The van der Waals surface area contributed by atoms with E-state index < -0.39 is 0 Å². The minimum absolute atomic E-state index is 0.544. The van der Waals surface area contributed by atoms with Gasteiger partial charge in [0, 0.05) is 31.5 Å². The lowest BCUT2D eigenvalue weighted by molar-refractivity contribution is 0.187. The van der Waals surface area contributed by atoms with Gasteiger partial charge in [0.2, 0.25) is 0 Å². The van der Waals surface area contributed by atoms with Crippen molar-refractivity contribution in [2.24, 2.45) is 5.92 Å². The predicted octanol–water partition coefficient (Wildman–Crippen LogP) is 3.73. The summed E-state index contributed by atoms with van der Waals surface area (Å²) in [6, 6.07) is 16.3. The van der Waals surface area contributed by atoms with Crippen molar-refractivity contribution in [3.63, 3.8) is 0 Å². The zero-order valence-corrected chi connectivity index (χ0v) is 15.5. The molecule has 27 heavy (non-hydrogen) atoms. The van der Waals surface area contributed by atoms with Crippen LogP contribution >= 0.6 is 0 Å². The van der Waals surface area contributed by atoms with E-state index in [1.165, 1.54) is 0 Å². The molecule has 1 unspecified atom stereocenters. The van der Waals surface area contributed by atoms with Crippen molar-refractivity contribution in [3.05, 3.63) is 54.4 Å². The molecule has 1 aliphatic rings. The van der Waals surface area contributed by atoms with Gasteiger partial charge in [0.25, 0.3) is 0 Å². The van der Waals surface area contributed by atoms with E-state index in [9.17, 15) is 0 Å². The second-order valence-electron chi connectivity index (χ2n) is 6.77. The standard InChI is InChI=1S/C21H25N5O/c1-22-18-8-4-5-9-19(18)23-13-20-25-17-7-3-2-6-16(17)21(26-20)24-12-15-10-11-27-14-15/h2-9,15,22-23H,10-14H2,1H3,(H,24,25,26). The Labute approximate surface area is 159 Å². The van der Waals surface area contributed by atoms with Crippen LogP contribution in [-0.4, -0.2) is 36.8 Å². The van der Waals surface area contributed by atoms with Crippen LogP contribution in [0.5, 0.6) is 0 Å². The molecule has 2 heterocycles. The molecule has 4 rings (SSSR count). The molecular weight excluding hydrogens is 338 g/mol. The average Bonchev–Trinajstić information content (AvgIpc) is 3.24. The van der Waals surface area contributed by atoms with Crippen LogP contribution in [-0.2, 0) is 11.3 Å².